The van der Waals surface area contributed by atoms with Crippen LogP contribution < -0.4 is 0 Å². The monoisotopic (exact) mass is 434 g/mol. The number of hydrogen-bond donors (Lipinski definition) is 0. The van der Waals surface area contributed by atoms with E-state index in [9.17, 15) is 0 Å². The van der Waals surface area contributed by atoms with Gasteiger partial charge in [-0.3, -0.25) is 0 Å². The van der Waals surface area contributed by atoms with E-state index in [2.05, 4.69) is 53.7 Å². The van der Waals surface area contributed by atoms with Gasteiger partial charge >= 0.3 is 162 Å². The summed E-state index contributed by atoms with van der Waals surface area (Å²) in [6, 6.07) is 0. The summed E-state index contributed by atoms with van der Waals surface area (Å²) >= 11 is -1.72. The van der Waals surface area contributed by atoms with Crippen molar-refractivity contribution in [1.82, 2.24) is 0 Å². The molecule has 0 heterocycles. The SMILES string of the molecule is CCCCC(C)C1=[C]([In]([CH](C)CCCC)[CH](C)CCCC)CC=C1. The molecule has 24 heavy (non-hydrogen) atoms. The summed E-state index contributed by atoms with van der Waals surface area (Å²) in [5.41, 5.74) is 1.80. The molecule has 0 spiro atoms. The molecule has 1 aliphatic rings. The molecule has 1 rings (SSSR count). The van der Waals surface area contributed by atoms with Gasteiger partial charge in [0.2, 0.25) is 0 Å². The molecule has 0 saturated carbocycles. The van der Waals surface area contributed by atoms with Crippen LogP contribution in [0.1, 0.15) is 106 Å². The van der Waals surface area contributed by atoms with E-state index >= 15 is 0 Å². The number of allylic oxidation sites excluding steroid dienone is 4. The summed E-state index contributed by atoms with van der Waals surface area (Å²) in [7, 11) is 0. The van der Waals surface area contributed by atoms with E-state index in [4.69, 9.17) is 0 Å². The third-order valence-corrected chi connectivity index (χ3v) is 19.0. The van der Waals surface area contributed by atoms with Gasteiger partial charge in [0.05, 0.1) is 0 Å². The Balaban J connectivity index is 2.97. The summed E-state index contributed by atoms with van der Waals surface area (Å²) in [5.74, 6) is 0.801. The van der Waals surface area contributed by atoms with Gasteiger partial charge in [0.1, 0.15) is 0 Å². The van der Waals surface area contributed by atoms with Crippen LogP contribution in [-0.4, -0.2) is 21.4 Å². The number of unbranched alkanes of at least 4 members (excludes halogenated alkanes) is 3. The Hall–Kier alpha value is 0.350. The molecule has 0 amide bonds. The summed E-state index contributed by atoms with van der Waals surface area (Å²) in [6.45, 7) is 14.8. The van der Waals surface area contributed by atoms with Crippen molar-refractivity contribution in [2.24, 2.45) is 5.92 Å². The topological polar surface area (TPSA) is 0 Å². The number of hydrogen-bond acceptors (Lipinski definition) is 0. The molecule has 0 aromatic carbocycles. The van der Waals surface area contributed by atoms with Gasteiger partial charge in [-0.05, 0) is 0 Å². The van der Waals surface area contributed by atoms with Crippen LogP contribution in [0.5, 0.6) is 0 Å². The van der Waals surface area contributed by atoms with Crippen molar-refractivity contribution in [3.05, 3.63) is 21.1 Å². The Morgan fingerprint density at radius 2 is 1.33 bits per heavy atom. The first-order valence-corrected chi connectivity index (χ1v) is 16.4. The zero-order valence-corrected chi connectivity index (χ0v) is 20.8. The van der Waals surface area contributed by atoms with Gasteiger partial charge in [-0.2, -0.15) is 0 Å². The molecular formula is C23H43In. The first-order chi connectivity index (χ1) is 11.6. The molecule has 1 aliphatic carbocycles. The van der Waals surface area contributed by atoms with Gasteiger partial charge in [0, 0.05) is 0 Å². The maximum atomic E-state index is 2.62. The predicted octanol–water partition coefficient (Wildman–Crippen LogP) is 8.26. The van der Waals surface area contributed by atoms with E-state index in [0.717, 1.165) is 13.3 Å². The first-order valence-electron chi connectivity index (χ1n) is 11.0. The zero-order valence-electron chi connectivity index (χ0n) is 17.5. The molecule has 0 radical (unpaired) electrons. The van der Waals surface area contributed by atoms with E-state index in [-0.39, 0.29) is 0 Å². The number of rotatable bonds is 13. The molecule has 0 aromatic rings. The molecule has 3 atom stereocenters. The minimum atomic E-state index is -1.72. The predicted molar refractivity (Wildman–Crippen MR) is 113 cm³/mol. The van der Waals surface area contributed by atoms with Crippen molar-refractivity contribution in [3.8, 4) is 0 Å². The summed E-state index contributed by atoms with van der Waals surface area (Å²) in [4.78, 5) is 0. The summed E-state index contributed by atoms with van der Waals surface area (Å²) < 4.78 is 4.11. The molecule has 0 saturated heterocycles. The van der Waals surface area contributed by atoms with Crippen molar-refractivity contribution in [2.45, 2.75) is 113 Å². The second-order valence-corrected chi connectivity index (χ2v) is 19.9. The second kappa shape index (κ2) is 12.7. The van der Waals surface area contributed by atoms with E-state index in [1.54, 1.807) is 5.57 Å². The summed E-state index contributed by atoms with van der Waals surface area (Å²) in [5, 5.41) is 0. The molecule has 0 nitrogen and oxygen atoms in total. The summed E-state index contributed by atoms with van der Waals surface area (Å²) in [6.07, 6.45) is 19.1. The van der Waals surface area contributed by atoms with E-state index in [0.29, 0.717) is 0 Å². The van der Waals surface area contributed by atoms with Gasteiger partial charge < -0.3 is 0 Å². The Morgan fingerprint density at radius 3 is 1.83 bits per heavy atom. The standard InChI is InChI=1S/C11H17.2C6H13.In/c1-3-4-7-10(2)11-8-5-6-9-11;2*1-3-5-6-4-2;/h5,8,10H,3-4,6-7H2,1-2H3;2*3H,4-6H2,1-2H3;. The van der Waals surface area contributed by atoms with Gasteiger partial charge in [-0.15, -0.1) is 0 Å². The molecule has 138 valence electrons. The Morgan fingerprint density at radius 1 is 0.833 bits per heavy atom. The fourth-order valence-electron chi connectivity index (χ4n) is 4.67. The van der Waals surface area contributed by atoms with Crippen LogP contribution in [0.25, 0.3) is 0 Å². The Kier molecular flexibility index (Phi) is 11.8. The Bertz CT molecular complexity index is 379. The van der Waals surface area contributed by atoms with Crippen LogP contribution in [-0.2, 0) is 0 Å². The quantitative estimate of drug-likeness (QED) is 0.274. The van der Waals surface area contributed by atoms with Crippen molar-refractivity contribution in [2.75, 3.05) is 0 Å². The fourth-order valence-corrected chi connectivity index (χ4v) is 18.5. The van der Waals surface area contributed by atoms with Crippen LogP contribution in [0.4, 0.5) is 0 Å². The molecule has 0 N–H and O–H groups in total. The maximum absolute atomic E-state index is 2.62. The zero-order chi connectivity index (χ0) is 17.9. The molecule has 0 aliphatic heterocycles. The first kappa shape index (κ1) is 22.4. The van der Waals surface area contributed by atoms with E-state index < -0.39 is 21.4 Å². The van der Waals surface area contributed by atoms with E-state index in [1.807, 2.05) is 3.33 Å². The van der Waals surface area contributed by atoms with Crippen molar-refractivity contribution < 1.29 is 0 Å². The van der Waals surface area contributed by atoms with Crippen molar-refractivity contribution >= 4 is 21.4 Å². The van der Waals surface area contributed by atoms with Crippen LogP contribution in [0.3, 0.4) is 0 Å². The van der Waals surface area contributed by atoms with Crippen LogP contribution in [0.2, 0.25) is 7.35 Å². The van der Waals surface area contributed by atoms with Gasteiger partial charge in [0.25, 0.3) is 0 Å². The molecule has 3 unspecified atom stereocenters. The molecular weight excluding hydrogens is 391 g/mol. The molecule has 1 heteroatoms. The van der Waals surface area contributed by atoms with Gasteiger partial charge in [-0.1, -0.05) is 0 Å². The normalized spacial score (nSPS) is 18.1. The fraction of sp³-hybridized carbons (Fsp3) is 0.826. The van der Waals surface area contributed by atoms with Crippen LogP contribution in [0, 0.1) is 5.92 Å². The third kappa shape index (κ3) is 6.93. The molecule has 0 aromatic heterocycles. The third-order valence-electron chi connectivity index (χ3n) is 6.18. The second-order valence-electron chi connectivity index (χ2n) is 8.40. The van der Waals surface area contributed by atoms with Crippen LogP contribution >= 0.6 is 0 Å². The Labute approximate surface area is 161 Å². The van der Waals surface area contributed by atoms with Crippen LogP contribution in [0.15, 0.2) is 21.1 Å². The average Bonchev–Trinajstić information content (AvgIpc) is 3.05. The van der Waals surface area contributed by atoms with Gasteiger partial charge in [-0.25, -0.2) is 0 Å². The molecule has 0 bridgehead atoms. The van der Waals surface area contributed by atoms with Gasteiger partial charge in [0.15, 0.2) is 0 Å². The van der Waals surface area contributed by atoms with Crippen molar-refractivity contribution in [3.63, 3.8) is 0 Å². The minimum absolute atomic E-state index is 0.801. The molecule has 0 fully saturated rings. The van der Waals surface area contributed by atoms with Crippen molar-refractivity contribution in [1.29, 1.82) is 0 Å². The van der Waals surface area contributed by atoms with E-state index in [1.165, 1.54) is 64.2 Å². The average molecular weight is 434 g/mol.